The lowest BCUT2D eigenvalue weighted by Gasteiger charge is -1.90. The third kappa shape index (κ3) is 1.75. The first-order valence-electron chi connectivity index (χ1n) is 3.64. The van der Waals surface area contributed by atoms with Crippen molar-refractivity contribution in [3.05, 3.63) is 27.7 Å². The molecule has 0 N–H and O–H groups in total. The summed E-state index contributed by atoms with van der Waals surface area (Å²) in [5.41, 5.74) is 0. The molecule has 1 heterocycles. The minimum atomic E-state index is 0.889. The van der Waals surface area contributed by atoms with Crippen LogP contribution in [0, 0.1) is 0 Å². The minimum absolute atomic E-state index is 0.889. The molecule has 0 nitrogen and oxygen atoms in total. The second-order valence-corrected chi connectivity index (χ2v) is 5.97. The van der Waals surface area contributed by atoms with Crippen molar-refractivity contribution in [1.82, 2.24) is 0 Å². The van der Waals surface area contributed by atoms with Gasteiger partial charge in [0.2, 0.25) is 0 Å². The molecule has 1 aromatic heterocycles. The fourth-order valence-electron chi connectivity index (χ4n) is 1.15. The molecule has 4 heteroatoms. The van der Waals surface area contributed by atoms with E-state index in [1.54, 1.807) is 23.1 Å². The van der Waals surface area contributed by atoms with Crippen molar-refractivity contribution in [2.75, 3.05) is 6.26 Å². The summed E-state index contributed by atoms with van der Waals surface area (Å²) in [6.07, 6.45) is 2.05. The van der Waals surface area contributed by atoms with E-state index in [-0.39, 0.29) is 0 Å². The van der Waals surface area contributed by atoms with Gasteiger partial charge in [0.05, 0.1) is 9.23 Å². The summed E-state index contributed by atoms with van der Waals surface area (Å²) in [6, 6.07) is 6.18. The first kappa shape index (κ1) is 9.84. The molecule has 13 heavy (non-hydrogen) atoms. The molecule has 0 fully saturated rings. The molecule has 0 radical (unpaired) electrons. The predicted octanol–water partition coefficient (Wildman–Crippen LogP) is 5.04. The zero-order valence-corrected chi connectivity index (χ0v) is 10.8. The monoisotopic (exact) mass is 292 g/mol. The van der Waals surface area contributed by atoms with E-state index in [4.69, 9.17) is 11.6 Å². The Morgan fingerprint density at radius 3 is 2.92 bits per heavy atom. The number of thiophene rings is 1. The molecule has 0 atom stereocenters. The molecule has 0 bridgehead atoms. The maximum Gasteiger partial charge on any atom is 0.0795 e. The average molecular weight is 294 g/mol. The lowest BCUT2D eigenvalue weighted by Crippen LogP contribution is -1.64. The van der Waals surface area contributed by atoms with E-state index in [0.717, 1.165) is 14.9 Å². The van der Waals surface area contributed by atoms with Gasteiger partial charge in [0, 0.05) is 14.6 Å². The Labute approximate surface area is 98.4 Å². The Bertz CT molecular complexity index is 450. The highest BCUT2D eigenvalue weighted by molar-refractivity contribution is 9.10. The standard InChI is InChI=1S/C9H6BrClS2/c1-12-9-8(11)6-3-2-5(10)4-7(6)13-9/h2-4H,1H3. The SMILES string of the molecule is CSc1sc2cc(Br)ccc2c1Cl. The van der Waals surface area contributed by atoms with Crippen LogP contribution in [0.15, 0.2) is 26.9 Å². The van der Waals surface area contributed by atoms with Gasteiger partial charge in [-0.3, -0.25) is 0 Å². The topological polar surface area (TPSA) is 0 Å². The van der Waals surface area contributed by atoms with Gasteiger partial charge in [-0.05, 0) is 18.4 Å². The average Bonchev–Trinajstić information content (AvgIpc) is 2.42. The van der Waals surface area contributed by atoms with E-state index in [0.29, 0.717) is 0 Å². The normalized spacial score (nSPS) is 11.0. The number of benzene rings is 1. The number of rotatable bonds is 1. The lowest BCUT2D eigenvalue weighted by atomic mass is 10.3. The van der Waals surface area contributed by atoms with E-state index in [1.807, 2.05) is 12.3 Å². The summed E-state index contributed by atoms with van der Waals surface area (Å²) in [4.78, 5) is 0. The second kappa shape index (κ2) is 3.81. The van der Waals surface area contributed by atoms with Gasteiger partial charge in [-0.1, -0.05) is 33.6 Å². The quantitative estimate of drug-likeness (QED) is 0.664. The van der Waals surface area contributed by atoms with Crippen LogP contribution in [0.25, 0.3) is 10.1 Å². The van der Waals surface area contributed by atoms with Crippen LogP contribution in [-0.2, 0) is 0 Å². The largest absolute Gasteiger partial charge is 0.127 e. The number of hydrogen-bond acceptors (Lipinski definition) is 2. The van der Waals surface area contributed by atoms with Gasteiger partial charge in [0.25, 0.3) is 0 Å². The Hall–Kier alpha value is 0.300. The zero-order chi connectivity index (χ0) is 9.42. The van der Waals surface area contributed by atoms with Crippen molar-refractivity contribution < 1.29 is 0 Å². The van der Waals surface area contributed by atoms with Gasteiger partial charge in [-0.25, -0.2) is 0 Å². The molecule has 2 rings (SSSR count). The zero-order valence-electron chi connectivity index (χ0n) is 6.80. The Morgan fingerprint density at radius 1 is 1.46 bits per heavy atom. The molecular formula is C9H6BrClS2. The van der Waals surface area contributed by atoms with Crippen molar-refractivity contribution in [2.24, 2.45) is 0 Å². The molecular weight excluding hydrogens is 288 g/mol. The summed E-state index contributed by atoms with van der Waals surface area (Å²) >= 11 is 13.1. The number of thioether (sulfide) groups is 1. The van der Waals surface area contributed by atoms with Crippen molar-refractivity contribution in [2.45, 2.75) is 4.21 Å². The molecule has 0 aliphatic rings. The lowest BCUT2D eigenvalue weighted by molar-refractivity contribution is 1.73. The Balaban J connectivity index is 2.76. The van der Waals surface area contributed by atoms with Crippen LogP contribution in [-0.4, -0.2) is 6.26 Å². The summed E-state index contributed by atoms with van der Waals surface area (Å²) in [5, 5.41) is 2.04. The third-order valence-electron chi connectivity index (χ3n) is 1.75. The minimum Gasteiger partial charge on any atom is -0.127 e. The smallest absolute Gasteiger partial charge is 0.0795 e. The molecule has 0 amide bonds. The van der Waals surface area contributed by atoms with Gasteiger partial charge in [-0.15, -0.1) is 23.1 Å². The van der Waals surface area contributed by atoms with Crippen LogP contribution >= 0.6 is 50.6 Å². The molecule has 0 spiro atoms. The van der Waals surface area contributed by atoms with Crippen LogP contribution in [0.2, 0.25) is 5.02 Å². The molecule has 0 aliphatic heterocycles. The predicted molar refractivity (Wildman–Crippen MR) is 66.3 cm³/mol. The molecule has 0 saturated carbocycles. The number of fused-ring (bicyclic) bond motifs is 1. The van der Waals surface area contributed by atoms with Gasteiger partial charge in [0.1, 0.15) is 0 Å². The molecule has 0 saturated heterocycles. The maximum atomic E-state index is 6.18. The maximum absolute atomic E-state index is 6.18. The molecule has 0 aliphatic carbocycles. The summed E-state index contributed by atoms with van der Waals surface area (Å²) in [5.74, 6) is 0. The van der Waals surface area contributed by atoms with E-state index in [9.17, 15) is 0 Å². The molecule has 2 aromatic rings. The fourth-order valence-corrected chi connectivity index (χ4v) is 3.99. The third-order valence-corrected chi connectivity index (χ3v) is 5.13. The Kier molecular flexibility index (Phi) is 2.88. The van der Waals surface area contributed by atoms with Crippen molar-refractivity contribution >= 4 is 60.7 Å². The number of hydrogen-bond donors (Lipinski definition) is 0. The van der Waals surface area contributed by atoms with Gasteiger partial charge >= 0.3 is 0 Å². The molecule has 68 valence electrons. The van der Waals surface area contributed by atoms with Gasteiger partial charge in [0.15, 0.2) is 0 Å². The van der Waals surface area contributed by atoms with E-state index in [2.05, 4.69) is 28.1 Å². The first-order chi connectivity index (χ1) is 6.22. The Morgan fingerprint density at radius 2 is 2.23 bits per heavy atom. The summed E-state index contributed by atoms with van der Waals surface area (Å²) in [7, 11) is 0. The highest BCUT2D eigenvalue weighted by Gasteiger charge is 2.08. The second-order valence-electron chi connectivity index (χ2n) is 2.55. The fraction of sp³-hybridized carbons (Fsp3) is 0.111. The first-order valence-corrected chi connectivity index (χ1v) is 6.85. The van der Waals surface area contributed by atoms with Crippen molar-refractivity contribution in [1.29, 1.82) is 0 Å². The van der Waals surface area contributed by atoms with Gasteiger partial charge in [-0.2, -0.15) is 0 Å². The molecule has 0 unspecified atom stereocenters. The van der Waals surface area contributed by atoms with Gasteiger partial charge < -0.3 is 0 Å². The van der Waals surface area contributed by atoms with Crippen LogP contribution in [0.1, 0.15) is 0 Å². The van der Waals surface area contributed by atoms with Crippen LogP contribution in [0.4, 0.5) is 0 Å². The van der Waals surface area contributed by atoms with Crippen LogP contribution in [0.3, 0.4) is 0 Å². The highest BCUT2D eigenvalue weighted by atomic mass is 79.9. The molecule has 1 aromatic carbocycles. The number of halogens is 2. The highest BCUT2D eigenvalue weighted by Crippen LogP contribution is 2.41. The van der Waals surface area contributed by atoms with Crippen LogP contribution < -0.4 is 0 Å². The van der Waals surface area contributed by atoms with Crippen LogP contribution in [0.5, 0.6) is 0 Å². The van der Waals surface area contributed by atoms with Crippen molar-refractivity contribution in [3.63, 3.8) is 0 Å². The van der Waals surface area contributed by atoms with E-state index >= 15 is 0 Å². The summed E-state index contributed by atoms with van der Waals surface area (Å²) in [6.45, 7) is 0. The summed E-state index contributed by atoms with van der Waals surface area (Å²) < 4.78 is 3.53. The van der Waals surface area contributed by atoms with Crippen molar-refractivity contribution in [3.8, 4) is 0 Å². The van der Waals surface area contributed by atoms with E-state index < -0.39 is 0 Å². The van der Waals surface area contributed by atoms with E-state index in [1.165, 1.54) is 8.91 Å².